The molecule has 0 bridgehead atoms. The first-order valence-electron chi connectivity index (χ1n) is 13.8. The van der Waals surface area contributed by atoms with Crippen molar-refractivity contribution in [3.8, 4) is 11.5 Å². The Morgan fingerprint density at radius 3 is 1.85 bits per heavy atom. The average molecular weight is 582 g/mol. The van der Waals surface area contributed by atoms with Crippen LogP contribution in [0.15, 0.2) is 18.2 Å². The van der Waals surface area contributed by atoms with E-state index in [0.717, 1.165) is 6.42 Å². The average Bonchev–Trinajstić information content (AvgIpc) is 2.85. The molecule has 1 aromatic rings. The normalized spacial score (nSPS) is 13.8. The van der Waals surface area contributed by atoms with Gasteiger partial charge in [0.1, 0.15) is 18.8 Å². The van der Waals surface area contributed by atoms with Gasteiger partial charge in [0.25, 0.3) is 0 Å². The molecule has 232 valence electrons. The van der Waals surface area contributed by atoms with E-state index in [1.54, 1.807) is 19.9 Å². The van der Waals surface area contributed by atoms with Crippen molar-refractivity contribution in [2.45, 2.75) is 93.7 Å². The lowest BCUT2D eigenvalue weighted by molar-refractivity contribution is -0.161. The summed E-state index contributed by atoms with van der Waals surface area (Å²) in [7, 11) is 0. The minimum Gasteiger partial charge on any atom is -0.461 e. The van der Waals surface area contributed by atoms with Gasteiger partial charge in [0.05, 0.1) is 19.1 Å². The Morgan fingerprint density at radius 2 is 1.34 bits per heavy atom. The van der Waals surface area contributed by atoms with E-state index in [-0.39, 0.29) is 60.5 Å². The minimum atomic E-state index is -1.07. The molecule has 0 amide bonds. The van der Waals surface area contributed by atoms with Crippen molar-refractivity contribution in [2.24, 2.45) is 22.5 Å². The molecular weight excluding hydrogens is 534 g/mol. The predicted molar refractivity (Wildman–Crippen MR) is 152 cm³/mol. The lowest BCUT2D eigenvalue weighted by atomic mass is 9.99. The van der Waals surface area contributed by atoms with Gasteiger partial charge in [-0.15, -0.1) is 0 Å². The number of hydrogen-bond acceptors (Lipinski definition) is 11. The van der Waals surface area contributed by atoms with Gasteiger partial charge in [-0.25, -0.2) is 9.59 Å². The van der Waals surface area contributed by atoms with Crippen LogP contribution < -0.4 is 15.2 Å². The van der Waals surface area contributed by atoms with E-state index in [4.69, 9.17) is 34.2 Å². The molecule has 2 N–H and O–H groups in total. The van der Waals surface area contributed by atoms with E-state index in [1.807, 2.05) is 48.5 Å². The Kier molecular flexibility index (Phi) is 14.1. The Labute approximate surface area is 243 Å². The molecule has 0 saturated carbocycles. The predicted octanol–water partition coefficient (Wildman–Crippen LogP) is 5.59. The van der Waals surface area contributed by atoms with Crippen molar-refractivity contribution < 1.29 is 47.6 Å². The molecule has 0 aliphatic carbocycles. The zero-order valence-electron chi connectivity index (χ0n) is 25.9. The van der Waals surface area contributed by atoms with E-state index < -0.39 is 30.4 Å². The fraction of sp³-hybridized carbons (Fsp3) is 0.667. The van der Waals surface area contributed by atoms with Gasteiger partial charge in [-0.3, -0.25) is 9.59 Å². The molecule has 0 aromatic heterocycles. The molecule has 0 fully saturated rings. The topological polar surface area (TPSA) is 150 Å². The minimum absolute atomic E-state index is 0.0166. The van der Waals surface area contributed by atoms with Gasteiger partial charge in [-0.2, -0.15) is 0 Å². The Balaban J connectivity index is 2.90. The van der Waals surface area contributed by atoms with Crippen LogP contribution >= 0.6 is 0 Å². The molecule has 0 radical (unpaired) electrons. The van der Waals surface area contributed by atoms with Crippen LogP contribution in [0.4, 0.5) is 9.59 Å². The third kappa shape index (κ3) is 15.3. The van der Waals surface area contributed by atoms with Crippen molar-refractivity contribution in [3.05, 3.63) is 23.8 Å². The first-order chi connectivity index (χ1) is 18.9. The summed E-state index contributed by atoms with van der Waals surface area (Å²) < 4.78 is 31.4. The van der Waals surface area contributed by atoms with Crippen molar-refractivity contribution in [3.63, 3.8) is 0 Å². The van der Waals surface area contributed by atoms with Crippen molar-refractivity contribution in [1.82, 2.24) is 0 Å². The van der Waals surface area contributed by atoms with Crippen molar-refractivity contribution in [1.29, 1.82) is 0 Å². The summed E-state index contributed by atoms with van der Waals surface area (Å²) in [6.07, 6.45) is -1.02. The lowest BCUT2D eigenvalue weighted by Crippen LogP contribution is -2.36. The largest absolute Gasteiger partial charge is 0.513 e. The van der Waals surface area contributed by atoms with Crippen LogP contribution in [-0.4, -0.2) is 56.2 Å². The molecular formula is C30H47NO10. The summed E-state index contributed by atoms with van der Waals surface area (Å²) in [6, 6.07) is 3.31. The molecule has 41 heavy (non-hydrogen) atoms. The van der Waals surface area contributed by atoms with Crippen LogP contribution in [0.25, 0.3) is 0 Å². The quantitative estimate of drug-likeness (QED) is 0.176. The summed E-state index contributed by atoms with van der Waals surface area (Å²) >= 11 is 0. The molecule has 0 heterocycles. The highest BCUT2D eigenvalue weighted by Gasteiger charge is 2.23. The molecule has 0 aliphatic rings. The van der Waals surface area contributed by atoms with E-state index in [9.17, 15) is 19.2 Å². The fourth-order valence-electron chi connectivity index (χ4n) is 3.18. The number of carbonyl (C=O) groups excluding carboxylic acids is 4. The van der Waals surface area contributed by atoms with Gasteiger partial charge in [0.2, 0.25) is 0 Å². The van der Waals surface area contributed by atoms with Crippen LogP contribution in [0.1, 0.15) is 80.7 Å². The van der Waals surface area contributed by atoms with Gasteiger partial charge in [0.15, 0.2) is 11.5 Å². The molecule has 1 rings (SSSR count). The Hall–Kier alpha value is -3.34. The second-order valence-electron chi connectivity index (χ2n) is 12.6. The molecule has 0 saturated heterocycles. The molecule has 1 aromatic carbocycles. The van der Waals surface area contributed by atoms with Gasteiger partial charge in [-0.05, 0) is 48.3 Å². The maximum Gasteiger partial charge on any atom is 0.513 e. The number of hydrogen-bond donors (Lipinski definition) is 1. The second kappa shape index (κ2) is 16.2. The fourth-order valence-corrected chi connectivity index (χ4v) is 3.18. The highest BCUT2D eigenvalue weighted by Crippen LogP contribution is 2.30. The molecule has 0 aliphatic heterocycles. The summed E-state index contributed by atoms with van der Waals surface area (Å²) in [5.41, 5.74) is 5.97. The van der Waals surface area contributed by atoms with Crippen LogP contribution in [0.3, 0.4) is 0 Å². The summed E-state index contributed by atoms with van der Waals surface area (Å²) in [6.45, 7) is 16.8. The van der Waals surface area contributed by atoms with Gasteiger partial charge in [0, 0.05) is 0 Å². The highest BCUT2D eigenvalue weighted by molar-refractivity contribution is 5.76. The number of benzene rings is 1. The van der Waals surface area contributed by atoms with Crippen molar-refractivity contribution in [2.75, 3.05) is 19.8 Å². The van der Waals surface area contributed by atoms with E-state index >= 15 is 0 Å². The zero-order valence-corrected chi connectivity index (χ0v) is 25.9. The van der Waals surface area contributed by atoms with Crippen LogP contribution in [0.2, 0.25) is 0 Å². The monoisotopic (exact) mass is 581 g/mol. The first-order valence-corrected chi connectivity index (χ1v) is 13.8. The molecule has 1 unspecified atom stereocenters. The van der Waals surface area contributed by atoms with Gasteiger partial charge >= 0.3 is 24.2 Å². The second-order valence-corrected chi connectivity index (χ2v) is 12.6. The van der Waals surface area contributed by atoms with Crippen LogP contribution in [-0.2, 0) is 35.0 Å². The third-order valence-corrected chi connectivity index (χ3v) is 5.30. The first kappa shape index (κ1) is 35.7. The SMILES string of the molecule is CCCC(C)C(=O)O[C@@H](C)COC(=O)[C@@H](N)Cc1ccc(OC(=O)OCC(C)(C)C)c(OC(=O)OCC(C)(C)C)c1. The third-order valence-electron chi connectivity index (χ3n) is 5.30. The van der Waals surface area contributed by atoms with Gasteiger partial charge < -0.3 is 34.2 Å². The highest BCUT2D eigenvalue weighted by atomic mass is 16.7. The number of esters is 2. The number of rotatable bonds is 13. The molecule has 3 atom stereocenters. The summed E-state index contributed by atoms with van der Waals surface area (Å²) in [4.78, 5) is 49.2. The van der Waals surface area contributed by atoms with E-state index in [0.29, 0.717) is 12.0 Å². The van der Waals surface area contributed by atoms with Gasteiger partial charge in [-0.1, -0.05) is 67.9 Å². The van der Waals surface area contributed by atoms with Crippen molar-refractivity contribution >= 4 is 24.2 Å². The maximum absolute atomic E-state index is 12.5. The molecule has 11 nitrogen and oxygen atoms in total. The Morgan fingerprint density at radius 1 is 0.805 bits per heavy atom. The van der Waals surface area contributed by atoms with Crippen LogP contribution in [0.5, 0.6) is 11.5 Å². The van der Waals surface area contributed by atoms with E-state index in [2.05, 4.69) is 0 Å². The van der Waals surface area contributed by atoms with Crippen LogP contribution in [0, 0.1) is 16.7 Å². The summed E-state index contributed by atoms with van der Waals surface area (Å²) in [5.74, 6) is -1.48. The standard InChI is InChI=1S/C30H47NO10/c1-10-11-19(2)25(32)39-20(3)16-36-26(33)22(31)14-21-12-13-23(40-27(34)37-17-29(4,5)6)24(15-21)41-28(35)38-18-30(7,8)9/h12-13,15,19-20,22H,10-11,14,16-18,31H2,1-9H3/t19?,20-,22-/m0/s1. The number of ether oxygens (including phenoxy) is 6. The maximum atomic E-state index is 12.5. The zero-order chi connectivity index (χ0) is 31.4. The number of carbonyl (C=O) groups is 4. The Bertz CT molecular complexity index is 1030. The molecule has 0 spiro atoms. The smallest absolute Gasteiger partial charge is 0.461 e. The van der Waals surface area contributed by atoms with E-state index in [1.165, 1.54) is 12.1 Å². The molecule has 11 heteroatoms. The summed E-state index contributed by atoms with van der Waals surface area (Å²) in [5, 5.41) is 0. The lowest BCUT2D eigenvalue weighted by Gasteiger charge is -2.19. The number of nitrogens with two attached hydrogens (primary N) is 1.